The minimum atomic E-state index is -4.35. The van der Waals surface area contributed by atoms with Gasteiger partial charge < -0.3 is 33.9 Å². The van der Waals surface area contributed by atoms with Gasteiger partial charge in [0.25, 0.3) is 0 Å². The van der Waals surface area contributed by atoms with Crippen molar-refractivity contribution in [1.29, 1.82) is 0 Å². The Balaban J connectivity index is 2.00. The van der Waals surface area contributed by atoms with E-state index in [-0.39, 0.29) is 50.0 Å². The standard InChI is InChI=1S/C39H64F3N3O7/c1-11-45-22-26(2)21-38(7,48-10)35(52-33-20-30(44(8)9)19-27(3)51-33)28(4)34(46)37(5,6)36(47)50-24-31(45)32(17-18-43-25-39(40,41)42)49-23-29-15-13-12-14-16-29/h12-16,26-28,30-33,35,43H,11,17-25H2,1-10H3/t26-,27-,28+,30-,31+,32-,33+,35-,38-/m1/s1. The molecule has 0 amide bonds. The predicted molar refractivity (Wildman–Crippen MR) is 194 cm³/mol. The van der Waals surface area contributed by atoms with Gasteiger partial charge in [-0.05, 0) is 85.6 Å². The number of likely N-dealkylation sites (N-methyl/N-ethyl adjacent to an activating group) is 1. The number of hydrogen-bond acceptors (Lipinski definition) is 10. The van der Waals surface area contributed by atoms with Gasteiger partial charge in [0.1, 0.15) is 12.0 Å². The SMILES string of the molecule is CCN1C[C@H](C)C[C@@](C)(OC)[C@H](O[C@H]2C[C@H](N(C)C)C[C@@H](C)O2)[C@@H](C)C(=O)C(C)(C)C(=O)OC[C@H]1[C@@H](CCNCC(F)(F)F)OCc1ccccc1. The van der Waals surface area contributed by atoms with Crippen LogP contribution in [0.25, 0.3) is 0 Å². The van der Waals surface area contributed by atoms with Crippen LogP contribution in [0.4, 0.5) is 13.2 Å². The Morgan fingerprint density at radius 1 is 1.08 bits per heavy atom. The minimum absolute atomic E-state index is 0.0101. The van der Waals surface area contributed by atoms with E-state index in [1.165, 1.54) is 0 Å². The molecular formula is C39H64F3N3O7. The Hall–Kier alpha value is -2.13. The van der Waals surface area contributed by atoms with Crippen LogP contribution in [-0.2, 0) is 39.9 Å². The van der Waals surface area contributed by atoms with Gasteiger partial charge in [0.2, 0.25) is 0 Å². The first-order chi connectivity index (χ1) is 24.3. The van der Waals surface area contributed by atoms with Gasteiger partial charge in [-0.15, -0.1) is 0 Å². The molecule has 1 aromatic carbocycles. The summed E-state index contributed by atoms with van der Waals surface area (Å²) in [7, 11) is 5.68. The lowest BCUT2D eigenvalue weighted by molar-refractivity contribution is -0.263. The molecule has 3 rings (SSSR count). The Bertz CT molecular complexity index is 1250. The van der Waals surface area contributed by atoms with Crippen LogP contribution in [0.1, 0.15) is 79.7 Å². The topological polar surface area (TPSA) is 98.8 Å². The molecule has 0 spiro atoms. The lowest BCUT2D eigenvalue weighted by Crippen LogP contribution is -2.55. The number of ketones is 1. The van der Waals surface area contributed by atoms with Crippen LogP contribution >= 0.6 is 0 Å². The minimum Gasteiger partial charge on any atom is -0.463 e. The summed E-state index contributed by atoms with van der Waals surface area (Å²) in [6.45, 7) is 13.1. The number of hydrogen-bond donors (Lipinski definition) is 1. The van der Waals surface area contributed by atoms with E-state index in [9.17, 15) is 22.8 Å². The highest BCUT2D eigenvalue weighted by atomic mass is 19.4. The van der Waals surface area contributed by atoms with Crippen molar-refractivity contribution in [2.75, 3.05) is 54.0 Å². The number of carbonyl (C=O) groups excluding carboxylic acids is 2. The Morgan fingerprint density at radius 2 is 1.75 bits per heavy atom. The van der Waals surface area contributed by atoms with Crippen molar-refractivity contribution in [2.24, 2.45) is 17.3 Å². The molecule has 52 heavy (non-hydrogen) atoms. The summed E-state index contributed by atoms with van der Waals surface area (Å²) in [5.74, 6) is -1.81. The van der Waals surface area contributed by atoms with Crippen LogP contribution in [-0.4, -0.2) is 124 Å². The number of nitrogens with zero attached hydrogens (tertiary/aromatic N) is 2. The monoisotopic (exact) mass is 743 g/mol. The summed E-state index contributed by atoms with van der Waals surface area (Å²) in [5, 5.41) is 2.49. The van der Waals surface area contributed by atoms with E-state index < -0.39 is 60.2 Å². The van der Waals surface area contributed by atoms with E-state index >= 15 is 0 Å². The van der Waals surface area contributed by atoms with Gasteiger partial charge in [0, 0.05) is 32.0 Å². The van der Waals surface area contributed by atoms with Crippen LogP contribution in [0.2, 0.25) is 0 Å². The van der Waals surface area contributed by atoms with Crippen LogP contribution in [0.5, 0.6) is 0 Å². The van der Waals surface area contributed by atoms with Crippen molar-refractivity contribution in [3.8, 4) is 0 Å². The van der Waals surface area contributed by atoms with E-state index in [1.807, 2.05) is 65.2 Å². The molecule has 1 aromatic rings. The van der Waals surface area contributed by atoms with E-state index in [1.54, 1.807) is 27.9 Å². The second kappa shape index (κ2) is 19.5. The third-order valence-electron chi connectivity index (χ3n) is 10.8. The lowest BCUT2D eigenvalue weighted by Gasteiger charge is -2.45. The van der Waals surface area contributed by atoms with Gasteiger partial charge in [-0.1, -0.05) is 51.1 Å². The van der Waals surface area contributed by atoms with Gasteiger partial charge in [0.05, 0.1) is 43.1 Å². The molecule has 2 saturated heterocycles. The highest BCUT2D eigenvalue weighted by Crippen LogP contribution is 2.38. The third kappa shape index (κ3) is 12.5. The summed E-state index contributed by atoms with van der Waals surface area (Å²) < 4.78 is 70.9. The normalized spacial score (nSPS) is 32.1. The quantitative estimate of drug-likeness (QED) is 0.150. The number of esters is 1. The fraction of sp³-hybridized carbons (Fsp3) is 0.795. The molecule has 298 valence electrons. The second-order valence-electron chi connectivity index (χ2n) is 15.8. The maximum atomic E-state index is 14.4. The molecule has 2 heterocycles. The van der Waals surface area contributed by atoms with E-state index in [4.69, 9.17) is 23.7 Å². The first-order valence-corrected chi connectivity index (χ1v) is 18.7. The first kappa shape index (κ1) is 44.3. The molecule has 2 fully saturated rings. The molecule has 0 aliphatic carbocycles. The largest absolute Gasteiger partial charge is 0.463 e. The summed E-state index contributed by atoms with van der Waals surface area (Å²) >= 11 is 0. The summed E-state index contributed by atoms with van der Waals surface area (Å²) in [6, 6.07) is 9.23. The fourth-order valence-corrected chi connectivity index (χ4v) is 7.74. The van der Waals surface area contributed by atoms with Crippen molar-refractivity contribution in [1.82, 2.24) is 15.1 Å². The average molecular weight is 744 g/mol. The van der Waals surface area contributed by atoms with Crippen molar-refractivity contribution in [3.63, 3.8) is 0 Å². The van der Waals surface area contributed by atoms with Crippen molar-refractivity contribution in [2.45, 2.75) is 129 Å². The zero-order chi connectivity index (χ0) is 38.9. The second-order valence-corrected chi connectivity index (χ2v) is 15.8. The molecule has 13 heteroatoms. The predicted octanol–water partition coefficient (Wildman–Crippen LogP) is 5.86. The number of methoxy groups -OCH3 is 1. The molecule has 0 aromatic heterocycles. The van der Waals surface area contributed by atoms with Crippen molar-refractivity contribution < 1.29 is 46.4 Å². The number of carbonyl (C=O) groups is 2. The Morgan fingerprint density at radius 3 is 2.35 bits per heavy atom. The maximum absolute atomic E-state index is 14.4. The molecule has 0 radical (unpaired) electrons. The Labute approximate surface area is 309 Å². The zero-order valence-corrected chi connectivity index (χ0v) is 33.0. The van der Waals surface area contributed by atoms with Crippen LogP contribution in [0.15, 0.2) is 30.3 Å². The molecule has 10 nitrogen and oxygen atoms in total. The number of rotatable bonds is 13. The van der Waals surface area contributed by atoms with Crippen LogP contribution in [0.3, 0.4) is 0 Å². The highest BCUT2D eigenvalue weighted by molar-refractivity contribution is 6.04. The number of cyclic esters (lactones) is 1. The van der Waals surface area contributed by atoms with Gasteiger partial charge in [-0.2, -0.15) is 13.2 Å². The number of halogens is 3. The average Bonchev–Trinajstić information content (AvgIpc) is 3.08. The highest BCUT2D eigenvalue weighted by Gasteiger charge is 2.50. The van der Waals surface area contributed by atoms with E-state index in [0.29, 0.717) is 25.9 Å². The molecule has 0 unspecified atom stereocenters. The summed E-state index contributed by atoms with van der Waals surface area (Å²) in [5.41, 5.74) is -1.59. The molecule has 9 atom stereocenters. The van der Waals surface area contributed by atoms with Crippen molar-refractivity contribution >= 4 is 11.8 Å². The van der Waals surface area contributed by atoms with Gasteiger partial charge in [0.15, 0.2) is 12.1 Å². The number of alkyl halides is 3. The summed E-state index contributed by atoms with van der Waals surface area (Å²) in [6.07, 6.45) is -4.16. The molecule has 2 aliphatic rings. The smallest absolute Gasteiger partial charge is 0.401 e. The number of ether oxygens (including phenoxy) is 5. The lowest BCUT2D eigenvalue weighted by atomic mass is 9.74. The number of nitrogens with one attached hydrogen (secondary N) is 1. The van der Waals surface area contributed by atoms with E-state index in [2.05, 4.69) is 22.0 Å². The van der Waals surface area contributed by atoms with Crippen LogP contribution < -0.4 is 5.32 Å². The molecule has 1 N–H and O–H groups in total. The van der Waals surface area contributed by atoms with E-state index in [0.717, 1.165) is 12.0 Å². The number of Topliss-reactive ketones (excluding diaryl/α,β-unsaturated/α-hetero) is 1. The third-order valence-corrected chi connectivity index (χ3v) is 10.8. The maximum Gasteiger partial charge on any atom is 0.401 e. The molecular weight excluding hydrogens is 679 g/mol. The first-order valence-electron chi connectivity index (χ1n) is 18.7. The number of benzene rings is 1. The molecule has 2 aliphatic heterocycles. The zero-order valence-electron chi connectivity index (χ0n) is 33.0. The van der Waals surface area contributed by atoms with Crippen LogP contribution in [0, 0.1) is 17.3 Å². The van der Waals surface area contributed by atoms with Gasteiger partial charge in [-0.25, -0.2) is 0 Å². The Kier molecular flexibility index (Phi) is 16.6. The molecule has 0 bridgehead atoms. The van der Waals surface area contributed by atoms with Gasteiger partial charge in [-0.3, -0.25) is 14.5 Å². The van der Waals surface area contributed by atoms with Crippen molar-refractivity contribution in [3.05, 3.63) is 35.9 Å². The summed E-state index contributed by atoms with van der Waals surface area (Å²) in [4.78, 5) is 32.6. The fourth-order valence-electron chi connectivity index (χ4n) is 7.74. The van der Waals surface area contributed by atoms with Gasteiger partial charge >= 0.3 is 12.1 Å². The molecule has 0 saturated carbocycles.